The molecule has 19 heavy (non-hydrogen) atoms. The van der Waals surface area contributed by atoms with Crippen molar-refractivity contribution in [3.8, 4) is 0 Å². The highest BCUT2D eigenvalue weighted by atomic mass is 32.1. The van der Waals surface area contributed by atoms with Gasteiger partial charge in [-0.2, -0.15) is 0 Å². The summed E-state index contributed by atoms with van der Waals surface area (Å²) in [5.74, 6) is -0.425. The first kappa shape index (κ1) is 13.8. The van der Waals surface area contributed by atoms with Crippen LogP contribution in [-0.2, 0) is 12.1 Å². The number of rotatable bonds is 5. The normalized spacial score (nSPS) is 11.7. The maximum atomic E-state index is 10.9. The van der Waals surface area contributed by atoms with Crippen LogP contribution in [0.5, 0.6) is 0 Å². The first-order chi connectivity index (χ1) is 8.90. The Morgan fingerprint density at radius 2 is 2.32 bits per heavy atom. The number of carboxylic acid groups (broad SMARTS) is 1. The van der Waals surface area contributed by atoms with Crippen LogP contribution < -0.4 is 5.32 Å². The van der Waals surface area contributed by atoms with Gasteiger partial charge in [-0.05, 0) is 26.8 Å². The minimum Gasteiger partial charge on any atom is -0.475 e. The van der Waals surface area contributed by atoms with Crippen molar-refractivity contribution < 1.29 is 14.3 Å². The second kappa shape index (κ2) is 5.14. The molecule has 2 heterocycles. The Labute approximate surface area is 115 Å². The number of thiazole rings is 1. The number of hydrogen-bond donors (Lipinski definition) is 2. The summed E-state index contributed by atoms with van der Waals surface area (Å²) in [4.78, 5) is 15.2. The van der Waals surface area contributed by atoms with E-state index in [4.69, 9.17) is 9.52 Å². The average molecular weight is 280 g/mol. The SMILES string of the molecule is Cc1cc(CNC(C)(C)c2nccs2)oc1C(=O)O. The van der Waals surface area contributed by atoms with Crippen LogP contribution in [0.15, 0.2) is 22.1 Å². The van der Waals surface area contributed by atoms with Crippen molar-refractivity contribution in [1.82, 2.24) is 10.3 Å². The van der Waals surface area contributed by atoms with E-state index in [9.17, 15) is 4.79 Å². The highest BCUT2D eigenvalue weighted by Crippen LogP contribution is 2.23. The molecule has 0 bridgehead atoms. The molecule has 6 heteroatoms. The first-order valence-corrected chi connectivity index (χ1v) is 6.76. The summed E-state index contributed by atoms with van der Waals surface area (Å²) < 4.78 is 5.31. The van der Waals surface area contributed by atoms with Crippen LogP contribution in [0.2, 0.25) is 0 Å². The molecule has 2 aromatic rings. The van der Waals surface area contributed by atoms with Gasteiger partial charge in [0, 0.05) is 17.1 Å². The van der Waals surface area contributed by atoms with Crippen molar-refractivity contribution in [3.63, 3.8) is 0 Å². The van der Waals surface area contributed by atoms with Crippen LogP contribution in [0, 0.1) is 6.92 Å². The Bertz CT molecular complexity index is 573. The lowest BCUT2D eigenvalue weighted by atomic mass is 10.1. The summed E-state index contributed by atoms with van der Waals surface area (Å²) in [5, 5.41) is 15.2. The fraction of sp³-hybridized carbons (Fsp3) is 0.385. The van der Waals surface area contributed by atoms with Gasteiger partial charge in [-0.1, -0.05) is 0 Å². The third-order valence-electron chi connectivity index (χ3n) is 2.83. The van der Waals surface area contributed by atoms with Crippen LogP contribution in [0.3, 0.4) is 0 Å². The maximum Gasteiger partial charge on any atom is 0.372 e. The predicted molar refractivity (Wildman–Crippen MR) is 72.4 cm³/mol. The number of aromatic nitrogens is 1. The van der Waals surface area contributed by atoms with Gasteiger partial charge in [0.05, 0.1) is 12.1 Å². The molecule has 2 N–H and O–H groups in total. The van der Waals surface area contributed by atoms with E-state index >= 15 is 0 Å². The summed E-state index contributed by atoms with van der Waals surface area (Å²) >= 11 is 1.58. The molecule has 0 atom stereocenters. The van der Waals surface area contributed by atoms with Crippen LogP contribution in [0.1, 0.15) is 40.7 Å². The van der Waals surface area contributed by atoms with Crippen molar-refractivity contribution in [3.05, 3.63) is 39.7 Å². The van der Waals surface area contributed by atoms with E-state index in [-0.39, 0.29) is 11.3 Å². The van der Waals surface area contributed by atoms with Crippen LogP contribution in [0.25, 0.3) is 0 Å². The van der Waals surface area contributed by atoms with Crippen LogP contribution >= 0.6 is 11.3 Å². The topological polar surface area (TPSA) is 75.4 Å². The molecule has 0 aliphatic rings. The maximum absolute atomic E-state index is 10.9. The largest absolute Gasteiger partial charge is 0.475 e. The van der Waals surface area contributed by atoms with Gasteiger partial charge in [0.25, 0.3) is 0 Å². The highest BCUT2D eigenvalue weighted by Gasteiger charge is 2.23. The monoisotopic (exact) mass is 280 g/mol. The number of carboxylic acids is 1. The van der Waals surface area contributed by atoms with Crippen molar-refractivity contribution in [1.29, 1.82) is 0 Å². The fourth-order valence-electron chi connectivity index (χ4n) is 1.76. The molecule has 0 unspecified atom stereocenters. The smallest absolute Gasteiger partial charge is 0.372 e. The van der Waals surface area contributed by atoms with E-state index in [0.717, 1.165) is 5.01 Å². The number of carbonyl (C=O) groups is 1. The van der Waals surface area contributed by atoms with Gasteiger partial charge in [0.15, 0.2) is 0 Å². The predicted octanol–water partition coefficient (Wildman–Crippen LogP) is 2.77. The zero-order valence-electron chi connectivity index (χ0n) is 11.1. The number of hydrogen-bond acceptors (Lipinski definition) is 5. The van der Waals surface area contributed by atoms with E-state index in [0.29, 0.717) is 17.9 Å². The quantitative estimate of drug-likeness (QED) is 0.880. The molecule has 0 radical (unpaired) electrons. The Hall–Kier alpha value is -1.66. The standard InChI is InChI=1S/C13H16N2O3S/c1-8-6-9(18-10(8)11(16)17)7-15-13(2,3)12-14-4-5-19-12/h4-6,15H,7H2,1-3H3,(H,16,17). The number of nitrogens with zero attached hydrogens (tertiary/aromatic N) is 1. The molecular formula is C13H16N2O3S. The number of furan rings is 1. The Balaban J connectivity index is 2.07. The van der Waals surface area contributed by atoms with Gasteiger partial charge in [0.2, 0.25) is 5.76 Å². The lowest BCUT2D eigenvalue weighted by Gasteiger charge is -2.23. The summed E-state index contributed by atoms with van der Waals surface area (Å²) in [6, 6.07) is 1.74. The summed E-state index contributed by atoms with van der Waals surface area (Å²) in [7, 11) is 0. The highest BCUT2D eigenvalue weighted by molar-refractivity contribution is 7.09. The molecule has 0 aromatic carbocycles. The van der Waals surface area contributed by atoms with E-state index in [2.05, 4.69) is 10.3 Å². The minimum atomic E-state index is -1.04. The van der Waals surface area contributed by atoms with Crippen molar-refractivity contribution in [2.75, 3.05) is 0 Å². The van der Waals surface area contributed by atoms with Crippen LogP contribution in [-0.4, -0.2) is 16.1 Å². The summed E-state index contributed by atoms with van der Waals surface area (Å²) in [6.07, 6.45) is 1.77. The molecule has 0 aliphatic heterocycles. The zero-order valence-corrected chi connectivity index (χ0v) is 11.9. The van der Waals surface area contributed by atoms with E-state index in [1.165, 1.54) is 0 Å². The molecule has 102 valence electrons. The van der Waals surface area contributed by atoms with Gasteiger partial charge in [0.1, 0.15) is 10.8 Å². The van der Waals surface area contributed by atoms with Crippen molar-refractivity contribution in [2.24, 2.45) is 0 Å². The molecule has 0 aliphatic carbocycles. The second-order valence-corrected chi connectivity index (χ2v) is 5.74. The van der Waals surface area contributed by atoms with E-state index in [1.54, 1.807) is 30.5 Å². The van der Waals surface area contributed by atoms with Crippen molar-refractivity contribution in [2.45, 2.75) is 32.9 Å². The molecule has 0 saturated heterocycles. The molecule has 0 fully saturated rings. The lowest BCUT2D eigenvalue weighted by molar-refractivity contribution is 0.0659. The Morgan fingerprint density at radius 1 is 1.58 bits per heavy atom. The molecule has 0 saturated carbocycles. The zero-order chi connectivity index (χ0) is 14.0. The third kappa shape index (κ3) is 3.02. The summed E-state index contributed by atoms with van der Waals surface area (Å²) in [6.45, 7) is 6.24. The van der Waals surface area contributed by atoms with E-state index in [1.807, 2.05) is 19.2 Å². The Morgan fingerprint density at radius 3 is 2.84 bits per heavy atom. The molecular weight excluding hydrogens is 264 g/mol. The molecule has 0 spiro atoms. The third-order valence-corrected chi connectivity index (χ3v) is 3.93. The van der Waals surface area contributed by atoms with Gasteiger partial charge in [-0.3, -0.25) is 5.32 Å². The number of aryl methyl sites for hydroxylation is 1. The number of aromatic carboxylic acids is 1. The molecule has 0 amide bonds. The van der Waals surface area contributed by atoms with E-state index < -0.39 is 5.97 Å². The first-order valence-electron chi connectivity index (χ1n) is 5.88. The van der Waals surface area contributed by atoms with Gasteiger partial charge in [-0.25, -0.2) is 9.78 Å². The van der Waals surface area contributed by atoms with Gasteiger partial charge in [-0.15, -0.1) is 11.3 Å². The van der Waals surface area contributed by atoms with Crippen molar-refractivity contribution >= 4 is 17.3 Å². The Kier molecular flexibility index (Phi) is 3.73. The van der Waals surface area contributed by atoms with Crippen LogP contribution in [0.4, 0.5) is 0 Å². The summed E-state index contributed by atoms with van der Waals surface area (Å²) in [5.41, 5.74) is 0.356. The fourth-order valence-corrected chi connectivity index (χ4v) is 2.50. The van der Waals surface area contributed by atoms with Gasteiger partial charge < -0.3 is 9.52 Å². The lowest BCUT2D eigenvalue weighted by Crippen LogP contribution is -2.35. The molecule has 2 rings (SSSR count). The molecule has 2 aromatic heterocycles. The van der Waals surface area contributed by atoms with Gasteiger partial charge >= 0.3 is 5.97 Å². The second-order valence-electron chi connectivity index (χ2n) is 4.85. The number of nitrogens with one attached hydrogen (secondary N) is 1. The average Bonchev–Trinajstić information content (AvgIpc) is 2.95. The minimum absolute atomic E-state index is 0.00357. The molecule has 5 nitrogen and oxygen atoms in total.